The summed E-state index contributed by atoms with van der Waals surface area (Å²) in [6.45, 7) is 5.86. The zero-order valence-corrected chi connectivity index (χ0v) is 12.9. The van der Waals surface area contributed by atoms with Crippen molar-refractivity contribution in [2.75, 3.05) is 13.1 Å². The Morgan fingerprint density at radius 3 is 2.47 bits per heavy atom. The van der Waals surface area contributed by atoms with E-state index in [1.165, 1.54) is 9.75 Å². The lowest BCUT2D eigenvalue weighted by Crippen LogP contribution is -2.40. The topological polar surface area (TPSA) is 84.2 Å². The van der Waals surface area contributed by atoms with Gasteiger partial charge in [-0.2, -0.15) is 0 Å². The summed E-state index contributed by atoms with van der Waals surface area (Å²) in [5.41, 5.74) is 6.25. The Bertz CT molecular complexity index is 448. The molecule has 0 aliphatic heterocycles. The molecule has 0 fully saturated rings. The van der Waals surface area contributed by atoms with E-state index in [0.717, 1.165) is 5.56 Å². The van der Waals surface area contributed by atoms with Crippen molar-refractivity contribution in [1.82, 2.24) is 10.6 Å². The van der Waals surface area contributed by atoms with E-state index in [4.69, 9.17) is 5.73 Å². The summed E-state index contributed by atoms with van der Waals surface area (Å²) in [4.78, 5) is 24.9. The van der Waals surface area contributed by atoms with E-state index in [1.807, 2.05) is 20.8 Å². The van der Waals surface area contributed by atoms with Crippen LogP contribution in [0.3, 0.4) is 0 Å². The van der Waals surface area contributed by atoms with Crippen LogP contribution >= 0.6 is 23.7 Å². The van der Waals surface area contributed by atoms with E-state index < -0.39 is 0 Å². The average Bonchev–Trinajstić information content (AvgIpc) is 2.65. The lowest BCUT2D eigenvalue weighted by molar-refractivity contribution is -0.125. The summed E-state index contributed by atoms with van der Waals surface area (Å²) < 4.78 is 0. The van der Waals surface area contributed by atoms with E-state index in [-0.39, 0.29) is 43.4 Å². The zero-order valence-electron chi connectivity index (χ0n) is 11.3. The van der Waals surface area contributed by atoms with Gasteiger partial charge in [-0.1, -0.05) is 0 Å². The molecule has 5 nitrogen and oxygen atoms in total. The molecule has 0 aliphatic carbocycles. The minimum absolute atomic E-state index is 0. The average molecular weight is 306 g/mol. The highest BCUT2D eigenvalue weighted by atomic mass is 35.5. The molecular formula is C12H20ClN3O2S. The molecule has 0 radical (unpaired) electrons. The highest BCUT2D eigenvalue weighted by Gasteiger charge is 2.13. The molecule has 1 atom stereocenters. The number of hydrogen-bond acceptors (Lipinski definition) is 4. The molecule has 4 N–H and O–H groups in total. The minimum atomic E-state index is -0.333. The largest absolute Gasteiger partial charge is 0.348 e. The predicted molar refractivity (Wildman–Crippen MR) is 79.7 cm³/mol. The highest BCUT2D eigenvalue weighted by molar-refractivity contribution is 7.12. The van der Waals surface area contributed by atoms with Crippen molar-refractivity contribution in [3.05, 3.63) is 21.4 Å². The fraction of sp³-hybridized carbons (Fsp3) is 0.500. The molecule has 1 unspecified atom stereocenters. The number of carbonyl (C=O) groups is 2. The third-order valence-electron chi connectivity index (χ3n) is 2.55. The third kappa shape index (κ3) is 5.59. The Morgan fingerprint density at radius 2 is 2.00 bits per heavy atom. The Balaban J connectivity index is 0.00000324. The number of rotatable bonds is 5. The van der Waals surface area contributed by atoms with Gasteiger partial charge >= 0.3 is 0 Å². The lowest BCUT2D eigenvalue weighted by Gasteiger charge is -2.14. The van der Waals surface area contributed by atoms with E-state index >= 15 is 0 Å². The van der Waals surface area contributed by atoms with Gasteiger partial charge in [-0.05, 0) is 32.4 Å². The van der Waals surface area contributed by atoms with Gasteiger partial charge < -0.3 is 16.4 Å². The van der Waals surface area contributed by atoms with Crippen LogP contribution in [0, 0.1) is 13.8 Å². The number of aryl methyl sites for hydroxylation is 2. The molecule has 0 saturated carbocycles. The van der Waals surface area contributed by atoms with Gasteiger partial charge in [0, 0.05) is 9.75 Å². The molecular weight excluding hydrogens is 286 g/mol. The van der Waals surface area contributed by atoms with E-state index in [1.54, 1.807) is 11.3 Å². The summed E-state index contributed by atoms with van der Waals surface area (Å²) >= 11 is 1.71. The summed E-state index contributed by atoms with van der Waals surface area (Å²) in [7, 11) is 0. The summed E-state index contributed by atoms with van der Waals surface area (Å²) in [6.07, 6.45) is 0. The molecule has 0 bridgehead atoms. The minimum Gasteiger partial charge on any atom is -0.348 e. The Hall–Kier alpha value is -1.11. The van der Waals surface area contributed by atoms with Crippen LogP contribution in [0.2, 0.25) is 0 Å². The van der Waals surface area contributed by atoms with Crippen LogP contribution in [0.1, 0.15) is 28.3 Å². The SMILES string of the molecule is Cc1cc(C(C)NC(=O)CNC(=O)CN)c(C)s1.Cl. The highest BCUT2D eigenvalue weighted by Crippen LogP contribution is 2.25. The van der Waals surface area contributed by atoms with Gasteiger partial charge in [0.1, 0.15) is 0 Å². The van der Waals surface area contributed by atoms with Gasteiger partial charge in [0.05, 0.1) is 19.1 Å². The van der Waals surface area contributed by atoms with Gasteiger partial charge in [0.2, 0.25) is 11.8 Å². The van der Waals surface area contributed by atoms with Crippen molar-refractivity contribution < 1.29 is 9.59 Å². The number of nitrogens with one attached hydrogen (secondary N) is 2. The van der Waals surface area contributed by atoms with Crippen molar-refractivity contribution in [3.63, 3.8) is 0 Å². The normalized spacial score (nSPS) is 11.4. The van der Waals surface area contributed by atoms with Gasteiger partial charge in [0.15, 0.2) is 0 Å². The molecule has 0 aliphatic rings. The molecule has 0 spiro atoms. The van der Waals surface area contributed by atoms with E-state index in [2.05, 4.69) is 16.7 Å². The van der Waals surface area contributed by atoms with Gasteiger partial charge in [-0.25, -0.2) is 0 Å². The lowest BCUT2D eigenvalue weighted by atomic mass is 10.1. The van der Waals surface area contributed by atoms with Crippen LogP contribution in [0.5, 0.6) is 0 Å². The van der Waals surface area contributed by atoms with Crippen molar-refractivity contribution in [1.29, 1.82) is 0 Å². The summed E-state index contributed by atoms with van der Waals surface area (Å²) in [5, 5.41) is 5.28. The molecule has 0 aromatic carbocycles. The van der Waals surface area contributed by atoms with Crippen molar-refractivity contribution >= 4 is 35.6 Å². The maximum Gasteiger partial charge on any atom is 0.239 e. The smallest absolute Gasteiger partial charge is 0.239 e. The van der Waals surface area contributed by atoms with Crippen LogP contribution in [0.15, 0.2) is 6.07 Å². The van der Waals surface area contributed by atoms with Crippen molar-refractivity contribution in [2.24, 2.45) is 5.73 Å². The second-order valence-corrected chi connectivity index (χ2v) is 5.60. The first kappa shape index (κ1) is 17.9. The Labute approximate surface area is 123 Å². The van der Waals surface area contributed by atoms with Crippen LogP contribution in [-0.2, 0) is 9.59 Å². The molecule has 7 heteroatoms. The molecule has 1 rings (SSSR count). The molecule has 2 amide bonds. The number of halogens is 1. The van der Waals surface area contributed by atoms with Crippen LogP contribution < -0.4 is 16.4 Å². The quantitative estimate of drug-likeness (QED) is 0.760. The van der Waals surface area contributed by atoms with Crippen molar-refractivity contribution in [3.8, 4) is 0 Å². The number of carbonyl (C=O) groups excluding carboxylic acids is 2. The molecule has 1 heterocycles. The Kier molecular flexibility index (Phi) is 7.66. The molecule has 1 aromatic rings. The Morgan fingerprint density at radius 1 is 1.37 bits per heavy atom. The number of amides is 2. The number of thiophene rings is 1. The van der Waals surface area contributed by atoms with Gasteiger partial charge in [0.25, 0.3) is 0 Å². The fourth-order valence-electron chi connectivity index (χ4n) is 1.70. The second-order valence-electron chi connectivity index (χ2n) is 4.14. The molecule has 19 heavy (non-hydrogen) atoms. The fourth-order valence-corrected chi connectivity index (χ4v) is 2.72. The maximum absolute atomic E-state index is 11.6. The third-order valence-corrected chi connectivity index (χ3v) is 3.54. The van der Waals surface area contributed by atoms with Gasteiger partial charge in [-0.3, -0.25) is 9.59 Å². The first-order valence-electron chi connectivity index (χ1n) is 5.77. The second kappa shape index (κ2) is 8.14. The first-order valence-corrected chi connectivity index (χ1v) is 6.58. The van der Waals surface area contributed by atoms with Crippen molar-refractivity contribution in [2.45, 2.75) is 26.8 Å². The summed E-state index contributed by atoms with van der Waals surface area (Å²) in [5.74, 6) is -0.548. The molecule has 0 saturated heterocycles. The zero-order chi connectivity index (χ0) is 13.7. The van der Waals surface area contributed by atoms with Crippen LogP contribution in [0.25, 0.3) is 0 Å². The number of nitrogens with two attached hydrogens (primary N) is 1. The van der Waals surface area contributed by atoms with Crippen LogP contribution in [0.4, 0.5) is 0 Å². The monoisotopic (exact) mass is 305 g/mol. The van der Waals surface area contributed by atoms with Crippen LogP contribution in [-0.4, -0.2) is 24.9 Å². The predicted octanol–water partition coefficient (Wildman–Crippen LogP) is 1.04. The first-order chi connectivity index (χ1) is 8.43. The molecule has 108 valence electrons. The van der Waals surface area contributed by atoms with Gasteiger partial charge in [-0.15, -0.1) is 23.7 Å². The van der Waals surface area contributed by atoms with E-state index in [0.29, 0.717) is 0 Å². The summed E-state index contributed by atoms with van der Waals surface area (Å²) in [6, 6.07) is 2.01. The molecule has 1 aromatic heterocycles. The standard InChI is InChI=1S/C12H19N3O2S.ClH/c1-7-4-10(9(3)18-7)8(2)15-12(17)6-14-11(16)5-13;/h4,8H,5-6,13H2,1-3H3,(H,14,16)(H,15,17);1H. The maximum atomic E-state index is 11.6. The van der Waals surface area contributed by atoms with E-state index in [9.17, 15) is 9.59 Å². The number of hydrogen-bond donors (Lipinski definition) is 3.